The molecule has 1 atom stereocenters. The van der Waals surface area contributed by atoms with E-state index in [2.05, 4.69) is 57.7 Å². The van der Waals surface area contributed by atoms with Crippen LogP contribution in [0.15, 0.2) is 36.9 Å². The zero-order valence-corrected chi connectivity index (χ0v) is 9.90. The van der Waals surface area contributed by atoms with Gasteiger partial charge in [-0.25, -0.2) is 0 Å². The molecule has 0 saturated heterocycles. The summed E-state index contributed by atoms with van der Waals surface area (Å²) >= 11 is 0. The van der Waals surface area contributed by atoms with Crippen LogP contribution >= 0.6 is 0 Å². The van der Waals surface area contributed by atoms with Gasteiger partial charge in [-0.1, -0.05) is 69.8 Å². The summed E-state index contributed by atoms with van der Waals surface area (Å²) in [5.74, 6) is 1.31. The van der Waals surface area contributed by atoms with E-state index < -0.39 is 0 Å². The molecule has 1 rings (SSSR count). The highest BCUT2D eigenvalue weighted by atomic mass is 14.1. The van der Waals surface area contributed by atoms with E-state index in [1.807, 2.05) is 12.1 Å². The molecular weight excluding hydrogens is 180 g/mol. The highest BCUT2D eigenvalue weighted by molar-refractivity contribution is 5.64. The lowest BCUT2D eigenvalue weighted by Crippen LogP contribution is -1.98. The van der Waals surface area contributed by atoms with Crippen molar-refractivity contribution in [2.45, 2.75) is 20.8 Å². The molecule has 0 amide bonds. The van der Waals surface area contributed by atoms with Gasteiger partial charge in [-0.05, 0) is 23.0 Å². The Labute approximate surface area is 93.3 Å². The van der Waals surface area contributed by atoms with Crippen molar-refractivity contribution in [3.8, 4) is 0 Å². The Morgan fingerprint density at radius 2 is 1.67 bits per heavy atom. The topological polar surface area (TPSA) is 0 Å². The standard InChI is InChI=1S/C15H20/c1-5-14-8-6-7-9-15(14)11-10-13(4)12(2)3/h5-13H,1H2,2-4H3/b11-10-. The van der Waals surface area contributed by atoms with Crippen LogP contribution in [-0.4, -0.2) is 0 Å². The molecule has 0 spiro atoms. The van der Waals surface area contributed by atoms with Crippen molar-refractivity contribution in [1.29, 1.82) is 0 Å². The van der Waals surface area contributed by atoms with Crippen molar-refractivity contribution in [2.24, 2.45) is 11.8 Å². The maximum atomic E-state index is 3.82. The van der Waals surface area contributed by atoms with E-state index in [4.69, 9.17) is 0 Å². The first kappa shape index (κ1) is 11.8. The molecule has 15 heavy (non-hydrogen) atoms. The molecule has 0 bridgehead atoms. The molecule has 0 aromatic heterocycles. The third-order valence-corrected chi connectivity index (χ3v) is 2.85. The molecule has 1 aromatic carbocycles. The fourth-order valence-corrected chi connectivity index (χ4v) is 1.33. The third-order valence-electron chi connectivity index (χ3n) is 2.85. The molecule has 0 aliphatic carbocycles. The minimum atomic E-state index is 0.614. The maximum absolute atomic E-state index is 3.82. The first-order chi connectivity index (χ1) is 7.15. The van der Waals surface area contributed by atoms with Crippen molar-refractivity contribution in [1.82, 2.24) is 0 Å². The summed E-state index contributed by atoms with van der Waals surface area (Å²) in [6, 6.07) is 8.32. The molecule has 1 unspecified atom stereocenters. The van der Waals surface area contributed by atoms with Crippen molar-refractivity contribution in [2.75, 3.05) is 0 Å². The average Bonchev–Trinajstić information content (AvgIpc) is 2.26. The lowest BCUT2D eigenvalue weighted by Gasteiger charge is -2.10. The molecular formula is C15H20. The lowest BCUT2D eigenvalue weighted by molar-refractivity contribution is 0.506. The van der Waals surface area contributed by atoms with Gasteiger partial charge in [0.2, 0.25) is 0 Å². The molecule has 0 radical (unpaired) electrons. The zero-order chi connectivity index (χ0) is 11.3. The van der Waals surface area contributed by atoms with Crippen LogP contribution in [-0.2, 0) is 0 Å². The molecule has 80 valence electrons. The highest BCUT2D eigenvalue weighted by Gasteiger charge is 2.02. The molecule has 0 aliphatic heterocycles. The number of allylic oxidation sites excluding steroid dienone is 1. The molecule has 0 N–H and O–H groups in total. The van der Waals surface area contributed by atoms with Crippen LogP contribution in [0.2, 0.25) is 0 Å². The minimum absolute atomic E-state index is 0.614. The van der Waals surface area contributed by atoms with Gasteiger partial charge in [0.05, 0.1) is 0 Å². The van der Waals surface area contributed by atoms with Crippen LogP contribution in [0.3, 0.4) is 0 Å². The molecule has 0 heterocycles. The van der Waals surface area contributed by atoms with E-state index in [0.29, 0.717) is 11.8 Å². The summed E-state index contributed by atoms with van der Waals surface area (Å²) < 4.78 is 0. The first-order valence-electron chi connectivity index (χ1n) is 5.54. The van der Waals surface area contributed by atoms with Gasteiger partial charge >= 0.3 is 0 Å². The van der Waals surface area contributed by atoms with E-state index >= 15 is 0 Å². The summed E-state index contributed by atoms with van der Waals surface area (Å²) in [5.41, 5.74) is 2.45. The second-order valence-corrected chi connectivity index (χ2v) is 4.30. The van der Waals surface area contributed by atoms with Gasteiger partial charge < -0.3 is 0 Å². The first-order valence-corrected chi connectivity index (χ1v) is 5.54. The maximum Gasteiger partial charge on any atom is -0.0187 e. The van der Waals surface area contributed by atoms with Crippen molar-refractivity contribution >= 4 is 12.2 Å². The monoisotopic (exact) mass is 200 g/mol. The van der Waals surface area contributed by atoms with Crippen LogP contribution in [0.25, 0.3) is 12.2 Å². The van der Waals surface area contributed by atoms with Crippen molar-refractivity contribution in [3.63, 3.8) is 0 Å². The second kappa shape index (κ2) is 5.55. The van der Waals surface area contributed by atoms with Crippen LogP contribution in [0.5, 0.6) is 0 Å². The average molecular weight is 200 g/mol. The summed E-state index contributed by atoms with van der Waals surface area (Å²) in [4.78, 5) is 0. The van der Waals surface area contributed by atoms with Gasteiger partial charge in [0.25, 0.3) is 0 Å². The van der Waals surface area contributed by atoms with Crippen LogP contribution in [0, 0.1) is 11.8 Å². The number of benzene rings is 1. The van der Waals surface area contributed by atoms with E-state index in [1.165, 1.54) is 11.1 Å². The quantitative estimate of drug-likeness (QED) is 0.664. The Morgan fingerprint density at radius 3 is 2.20 bits per heavy atom. The second-order valence-electron chi connectivity index (χ2n) is 4.30. The summed E-state index contributed by atoms with van der Waals surface area (Å²) in [7, 11) is 0. The SMILES string of the molecule is C=Cc1ccccc1/C=C\C(C)C(C)C. The predicted octanol–water partition coefficient (Wildman–Crippen LogP) is 4.63. The summed E-state index contributed by atoms with van der Waals surface area (Å²) in [5, 5.41) is 0. The largest absolute Gasteiger partial charge is 0.0984 e. The summed E-state index contributed by atoms with van der Waals surface area (Å²) in [6.07, 6.45) is 6.37. The fraction of sp³-hybridized carbons (Fsp3) is 0.333. The predicted molar refractivity (Wildman–Crippen MR) is 69.6 cm³/mol. The Bertz CT molecular complexity index is 345. The molecule has 0 heteroatoms. The molecule has 1 aromatic rings. The van der Waals surface area contributed by atoms with Gasteiger partial charge in [-0.15, -0.1) is 0 Å². The van der Waals surface area contributed by atoms with Gasteiger partial charge in [-0.2, -0.15) is 0 Å². The van der Waals surface area contributed by atoms with Crippen LogP contribution < -0.4 is 0 Å². The van der Waals surface area contributed by atoms with E-state index in [-0.39, 0.29) is 0 Å². The Balaban J connectivity index is 2.84. The smallest absolute Gasteiger partial charge is 0.0187 e. The van der Waals surface area contributed by atoms with Gasteiger partial charge in [0.15, 0.2) is 0 Å². The molecule has 0 fully saturated rings. The lowest BCUT2D eigenvalue weighted by atomic mass is 9.96. The molecule has 0 nitrogen and oxygen atoms in total. The van der Waals surface area contributed by atoms with Gasteiger partial charge in [0.1, 0.15) is 0 Å². The van der Waals surface area contributed by atoms with Crippen LogP contribution in [0.1, 0.15) is 31.9 Å². The van der Waals surface area contributed by atoms with Crippen molar-refractivity contribution in [3.05, 3.63) is 48.0 Å². The fourth-order valence-electron chi connectivity index (χ4n) is 1.33. The van der Waals surface area contributed by atoms with E-state index in [0.717, 1.165) is 0 Å². The Kier molecular flexibility index (Phi) is 4.36. The molecule has 0 aliphatic rings. The van der Waals surface area contributed by atoms with E-state index in [1.54, 1.807) is 0 Å². The number of hydrogen-bond donors (Lipinski definition) is 0. The summed E-state index contributed by atoms with van der Waals surface area (Å²) in [6.45, 7) is 10.6. The third kappa shape index (κ3) is 3.39. The zero-order valence-electron chi connectivity index (χ0n) is 9.90. The van der Waals surface area contributed by atoms with Gasteiger partial charge in [-0.3, -0.25) is 0 Å². The normalized spacial score (nSPS) is 13.3. The highest BCUT2D eigenvalue weighted by Crippen LogP contribution is 2.16. The van der Waals surface area contributed by atoms with E-state index in [9.17, 15) is 0 Å². The Hall–Kier alpha value is -1.30. The number of rotatable bonds is 4. The van der Waals surface area contributed by atoms with Crippen LogP contribution in [0.4, 0.5) is 0 Å². The molecule has 0 saturated carbocycles. The van der Waals surface area contributed by atoms with Gasteiger partial charge in [0, 0.05) is 0 Å². The Morgan fingerprint density at radius 1 is 1.07 bits per heavy atom. The number of hydrogen-bond acceptors (Lipinski definition) is 0. The van der Waals surface area contributed by atoms with Crippen molar-refractivity contribution < 1.29 is 0 Å². The minimum Gasteiger partial charge on any atom is -0.0984 e.